The van der Waals surface area contributed by atoms with Gasteiger partial charge in [0.2, 0.25) is 0 Å². The van der Waals surface area contributed by atoms with E-state index < -0.39 is 0 Å². The Kier molecular flexibility index (Phi) is 6.62. The second-order valence-electron chi connectivity index (χ2n) is 8.42. The number of piperidine rings is 1. The van der Waals surface area contributed by atoms with Gasteiger partial charge in [-0.05, 0) is 51.3 Å². The molecule has 1 saturated heterocycles. The molecule has 1 unspecified atom stereocenters. The number of nitrogens with one attached hydrogen (secondary N) is 1. The Hall–Kier alpha value is -2.47. The molecule has 6 heteroatoms. The average Bonchev–Trinajstić information content (AvgIpc) is 2.80. The normalized spacial score (nSPS) is 20.7. The number of hydrogen-bond donors (Lipinski definition) is 1. The predicted molar refractivity (Wildman–Crippen MR) is 118 cm³/mol. The van der Waals surface area contributed by atoms with Gasteiger partial charge in [-0.1, -0.05) is 37.8 Å². The van der Waals surface area contributed by atoms with Gasteiger partial charge in [-0.15, -0.1) is 0 Å². The first-order valence-electron chi connectivity index (χ1n) is 11.2. The van der Waals surface area contributed by atoms with Crippen molar-refractivity contribution in [3.05, 3.63) is 47.5 Å². The largest absolute Gasteiger partial charge is 0.495 e. The minimum Gasteiger partial charge on any atom is -0.495 e. The zero-order valence-corrected chi connectivity index (χ0v) is 18.1. The third kappa shape index (κ3) is 4.48. The van der Waals surface area contributed by atoms with Crippen molar-refractivity contribution in [2.45, 2.75) is 70.4 Å². The fraction of sp³-hybridized carbons (Fsp3) is 0.542. The summed E-state index contributed by atoms with van der Waals surface area (Å²) in [5.74, 6) is 1.29. The second-order valence-corrected chi connectivity index (χ2v) is 8.42. The van der Waals surface area contributed by atoms with Crippen LogP contribution in [-0.2, 0) is 0 Å². The first kappa shape index (κ1) is 20.8. The van der Waals surface area contributed by atoms with Gasteiger partial charge in [0.05, 0.1) is 30.1 Å². The molecule has 2 aromatic rings. The van der Waals surface area contributed by atoms with Gasteiger partial charge in [-0.25, -0.2) is 9.97 Å². The Labute approximate surface area is 179 Å². The Bertz CT molecular complexity index is 879. The molecular weight excluding hydrogens is 376 g/mol. The number of amides is 1. The van der Waals surface area contributed by atoms with Gasteiger partial charge in [0.1, 0.15) is 11.6 Å². The van der Waals surface area contributed by atoms with Crippen LogP contribution in [-0.4, -0.2) is 40.5 Å². The van der Waals surface area contributed by atoms with Crippen LogP contribution in [0.4, 0.5) is 5.69 Å². The van der Waals surface area contributed by atoms with Crippen molar-refractivity contribution in [1.29, 1.82) is 0 Å². The lowest BCUT2D eigenvalue weighted by Crippen LogP contribution is -2.43. The molecule has 1 aliphatic carbocycles. The minimum atomic E-state index is -0.212. The van der Waals surface area contributed by atoms with Crippen LogP contribution in [0.25, 0.3) is 0 Å². The number of benzene rings is 1. The number of anilines is 1. The zero-order valence-electron chi connectivity index (χ0n) is 18.1. The summed E-state index contributed by atoms with van der Waals surface area (Å²) in [6, 6.07) is 8.32. The van der Waals surface area contributed by atoms with E-state index in [-0.39, 0.29) is 11.9 Å². The summed E-state index contributed by atoms with van der Waals surface area (Å²) in [5, 5.41) is 2.92. The second kappa shape index (κ2) is 9.56. The first-order valence-corrected chi connectivity index (χ1v) is 11.2. The van der Waals surface area contributed by atoms with Crippen molar-refractivity contribution >= 4 is 11.6 Å². The van der Waals surface area contributed by atoms with E-state index in [2.05, 4.69) is 15.2 Å². The summed E-state index contributed by atoms with van der Waals surface area (Å²) in [7, 11) is 1.59. The van der Waals surface area contributed by atoms with Crippen LogP contribution < -0.4 is 10.1 Å². The number of carbonyl (C=O) groups is 1. The molecule has 2 aliphatic rings. The third-order valence-electron chi connectivity index (χ3n) is 6.48. The van der Waals surface area contributed by atoms with Crippen LogP contribution in [0.5, 0.6) is 5.75 Å². The van der Waals surface area contributed by atoms with Gasteiger partial charge in [0.15, 0.2) is 0 Å². The number of methoxy groups -OCH3 is 1. The first-order chi connectivity index (χ1) is 14.7. The number of hydrogen-bond acceptors (Lipinski definition) is 5. The lowest BCUT2D eigenvalue weighted by atomic mass is 9.90. The van der Waals surface area contributed by atoms with Crippen LogP contribution in [0.3, 0.4) is 0 Å². The number of para-hydroxylation sites is 2. The molecule has 0 spiro atoms. The number of aromatic nitrogens is 2. The Morgan fingerprint density at radius 3 is 2.63 bits per heavy atom. The molecular formula is C24H32N4O2. The van der Waals surface area contributed by atoms with E-state index in [9.17, 15) is 4.79 Å². The van der Waals surface area contributed by atoms with Gasteiger partial charge in [0.25, 0.3) is 5.91 Å². The highest BCUT2D eigenvalue weighted by Gasteiger charge is 2.32. The van der Waals surface area contributed by atoms with Gasteiger partial charge in [-0.3, -0.25) is 9.69 Å². The molecule has 1 N–H and O–H groups in total. The maximum Gasteiger partial charge on any atom is 0.259 e. The van der Waals surface area contributed by atoms with Crippen molar-refractivity contribution in [3.63, 3.8) is 0 Å². The quantitative estimate of drug-likeness (QED) is 0.762. The van der Waals surface area contributed by atoms with Crippen LogP contribution in [0.15, 0.2) is 30.5 Å². The predicted octanol–water partition coefficient (Wildman–Crippen LogP) is 4.91. The molecule has 1 aromatic carbocycles. The highest BCUT2D eigenvalue weighted by Crippen LogP contribution is 2.35. The van der Waals surface area contributed by atoms with Gasteiger partial charge < -0.3 is 10.1 Å². The molecule has 2 fully saturated rings. The summed E-state index contributed by atoms with van der Waals surface area (Å²) in [4.78, 5) is 25.0. The monoisotopic (exact) mass is 408 g/mol. The van der Waals surface area contributed by atoms with E-state index in [0.29, 0.717) is 23.0 Å². The van der Waals surface area contributed by atoms with E-state index in [0.717, 1.165) is 24.5 Å². The van der Waals surface area contributed by atoms with Crippen molar-refractivity contribution in [3.8, 4) is 5.75 Å². The molecule has 30 heavy (non-hydrogen) atoms. The highest BCUT2D eigenvalue weighted by molar-refractivity contribution is 6.05. The molecule has 160 valence electrons. The molecule has 1 amide bonds. The maximum atomic E-state index is 12.8. The topological polar surface area (TPSA) is 67.3 Å². The van der Waals surface area contributed by atoms with Gasteiger partial charge >= 0.3 is 0 Å². The molecule has 6 nitrogen and oxygen atoms in total. The van der Waals surface area contributed by atoms with Crippen LogP contribution in [0.2, 0.25) is 0 Å². The van der Waals surface area contributed by atoms with E-state index in [4.69, 9.17) is 9.72 Å². The Morgan fingerprint density at radius 2 is 1.87 bits per heavy atom. The standard InChI is InChI=1S/C24H32N4O2/c1-17-19(24(29)27-20-12-6-7-14-22(20)30-2)16-25-23(26-17)21-13-8-9-15-28(21)18-10-4-3-5-11-18/h6-7,12,14,16,18,21H,3-5,8-11,13,15H2,1-2H3,(H,27,29). The van der Waals surface area contributed by atoms with Crippen LogP contribution in [0.1, 0.15) is 79.3 Å². The molecule has 1 saturated carbocycles. The maximum absolute atomic E-state index is 12.8. The minimum absolute atomic E-state index is 0.212. The van der Waals surface area contributed by atoms with E-state index in [1.807, 2.05) is 31.2 Å². The lowest BCUT2D eigenvalue weighted by molar-refractivity contribution is 0.0674. The van der Waals surface area contributed by atoms with E-state index >= 15 is 0 Å². The van der Waals surface area contributed by atoms with Crippen molar-refractivity contribution < 1.29 is 9.53 Å². The molecule has 0 radical (unpaired) electrons. The number of ether oxygens (including phenoxy) is 1. The molecule has 1 aliphatic heterocycles. The van der Waals surface area contributed by atoms with Crippen molar-refractivity contribution in [2.24, 2.45) is 0 Å². The fourth-order valence-electron chi connectivity index (χ4n) is 4.89. The lowest BCUT2D eigenvalue weighted by Gasteiger charge is -2.42. The Balaban J connectivity index is 1.52. The number of rotatable bonds is 5. The summed E-state index contributed by atoms with van der Waals surface area (Å²) in [5.41, 5.74) is 1.87. The highest BCUT2D eigenvalue weighted by atomic mass is 16.5. The van der Waals surface area contributed by atoms with E-state index in [1.54, 1.807) is 13.3 Å². The SMILES string of the molecule is COc1ccccc1NC(=O)c1cnc(C2CCCCN2C2CCCCC2)nc1C. The molecule has 1 aromatic heterocycles. The Morgan fingerprint density at radius 1 is 1.10 bits per heavy atom. The molecule has 4 rings (SSSR count). The fourth-order valence-corrected chi connectivity index (χ4v) is 4.89. The molecule has 1 atom stereocenters. The summed E-state index contributed by atoms with van der Waals surface area (Å²) in [6.07, 6.45) is 11.9. The van der Waals surface area contributed by atoms with Gasteiger partial charge in [0, 0.05) is 12.2 Å². The number of nitrogens with zero attached hydrogens (tertiary/aromatic N) is 3. The molecule has 0 bridgehead atoms. The third-order valence-corrected chi connectivity index (χ3v) is 6.48. The van der Waals surface area contributed by atoms with Crippen molar-refractivity contribution in [2.75, 3.05) is 19.0 Å². The number of likely N-dealkylation sites (tertiary alicyclic amines) is 1. The van der Waals surface area contributed by atoms with E-state index in [1.165, 1.54) is 44.9 Å². The molecule has 2 heterocycles. The summed E-state index contributed by atoms with van der Waals surface area (Å²) < 4.78 is 5.33. The number of aryl methyl sites for hydroxylation is 1. The van der Waals surface area contributed by atoms with Crippen molar-refractivity contribution in [1.82, 2.24) is 14.9 Å². The summed E-state index contributed by atoms with van der Waals surface area (Å²) >= 11 is 0. The van der Waals surface area contributed by atoms with Gasteiger partial charge in [-0.2, -0.15) is 0 Å². The number of carbonyl (C=O) groups excluding carboxylic acids is 1. The average molecular weight is 409 g/mol. The smallest absolute Gasteiger partial charge is 0.259 e. The van der Waals surface area contributed by atoms with Crippen LogP contribution in [0, 0.1) is 6.92 Å². The van der Waals surface area contributed by atoms with Crippen LogP contribution >= 0.6 is 0 Å². The summed E-state index contributed by atoms with van der Waals surface area (Å²) in [6.45, 7) is 3.03. The zero-order chi connectivity index (χ0) is 20.9.